The second kappa shape index (κ2) is 5.35. The highest BCUT2D eigenvalue weighted by atomic mass is 15.1. The zero-order valence-electron chi connectivity index (χ0n) is 14.1. The third kappa shape index (κ3) is 1.83. The van der Waals surface area contributed by atoms with Gasteiger partial charge in [-0.05, 0) is 43.2 Å². The maximum atomic E-state index is 9.30. The number of nitrogens with zero attached hydrogens (tertiary/aromatic N) is 2. The van der Waals surface area contributed by atoms with E-state index in [9.17, 15) is 5.26 Å². The van der Waals surface area contributed by atoms with Crippen LogP contribution in [0.3, 0.4) is 0 Å². The fourth-order valence-electron chi connectivity index (χ4n) is 4.34. The van der Waals surface area contributed by atoms with Crippen LogP contribution in [0.4, 0.5) is 0 Å². The molecule has 23 heavy (non-hydrogen) atoms. The third-order valence-corrected chi connectivity index (χ3v) is 5.85. The summed E-state index contributed by atoms with van der Waals surface area (Å²) in [5.74, 6) is 0. The summed E-state index contributed by atoms with van der Waals surface area (Å²) < 4.78 is 2.35. The molecule has 0 bridgehead atoms. The smallest absolute Gasteiger partial charge is 0.192 e. The number of pyridine rings is 1. The maximum absolute atomic E-state index is 9.30. The molecule has 0 radical (unpaired) electrons. The van der Waals surface area contributed by atoms with Gasteiger partial charge in [-0.25, -0.2) is 0 Å². The van der Waals surface area contributed by atoms with Gasteiger partial charge in [0.1, 0.15) is 0 Å². The number of benzene rings is 1. The van der Waals surface area contributed by atoms with E-state index < -0.39 is 0 Å². The fraction of sp³-hybridized carbons (Fsp3) is 0.333. The predicted octanol–water partition coefficient (Wildman–Crippen LogP) is 4.49. The molecule has 0 amide bonds. The monoisotopic (exact) mass is 303 g/mol. The highest BCUT2D eigenvalue weighted by Crippen LogP contribution is 2.50. The van der Waals surface area contributed by atoms with Crippen molar-refractivity contribution in [2.45, 2.75) is 44.6 Å². The van der Waals surface area contributed by atoms with Crippen LogP contribution >= 0.6 is 0 Å². The zero-order valence-corrected chi connectivity index (χ0v) is 14.1. The van der Waals surface area contributed by atoms with Crippen molar-refractivity contribution in [2.75, 3.05) is 0 Å². The molecule has 0 spiro atoms. The van der Waals surface area contributed by atoms with E-state index in [1.807, 2.05) is 12.1 Å². The van der Waals surface area contributed by atoms with Crippen LogP contribution in [-0.4, -0.2) is 0 Å². The second-order valence-corrected chi connectivity index (χ2v) is 6.50. The van der Waals surface area contributed by atoms with Crippen LogP contribution in [-0.2, 0) is 11.0 Å². The number of hydrogen-bond acceptors (Lipinski definition) is 1. The summed E-state index contributed by atoms with van der Waals surface area (Å²) in [6.45, 7) is 11.0. The third-order valence-electron chi connectivity index (χ3n) is 5.85. The first-order valence-corrected chi connectivity index (χ1v) is 8.27. The summed E-state index contributed by atoms with van der Waals surface area (Å²) in [5.41, 5.74) is 4.12. The molecule has 2 unspecified atom stereocenters. The van der Waals surface area contributed by atoms with Gasteiger partial charge in [-0.1, -0.05) is 26.5 Å². The number of fused-ring (bicyclic) bond motifs is 3. The van der Waals surface area contributed by atoms with Crippen molar-refractivity contribution in [1.29, 1.82) is 5.26 Å². The van der Waals surface area contributed by atoms with Crippen LogP contribution in [0.1, 0.15) is 44.7 Å². The SMILES string of the molecule is C=CC1(CC)[n+]2ccccc2-c2cc(C#N)ccc2C1(C)CC. The lowest BCUT2D eigenvalue weighted by molar-refractivity contribution is -0.756. The van der Waals surface area contributed by atoms with Crippen LogP contribution in [0.25, 0.3) is 11.3 Å². The lowest BCUT2D eigenvalue weighted by Crippen LogP contribution is -2.68. The molecule has 1 aromatic carbocycles. The minimum absolute atomic E-state index is 0.0637. The molecule has 2 heterocycles. The van der Waals surface area contributed by atoms with Gasteiger partial charge in [0, 0.05) is 18.6 Å². The highest BCUT2D eigenvalue weighted by Gasteiger charge is 2.57. The summed E-state index contributed by atoms with van der Waals surface area (Å²) in [7, 11) is 0. The number of rotatable bonds is 3. The number of nitriles is 1. The molecule has 2 aromatic rings. The van der Waals surface area contributed by atoms with Crippen molar-refractivity contribution in [3.63, 3.8) is 0 Å². The van der Waals surface area contributed by atoms with Gasteiger partial charge in [0.25, 0.3) is 0 Å². The molecule has 3 rings (SSSR count). The van der Waals surface area contributed by atoms with E-state index in [4.69, 9.17) is 0 Å². The van der Waals surface area contributed by atoms with Gasteiger partial charge >= 0.3 is 0 Å². The lowest BCUT2D eigenvalue weighted by atomic mass is 9.60. The first-order valence-electron chi connectivity index (χ1n) is 8.27. The lowest BCUT2D eigenvalue weighted by Gasteiger charge is -2.46. The van der Waals surface area contributed by atoms with E-state index in [0.29, 0.717) is 5.56 Å². The average Bonchev–Trinajstić information content (AvgIpc) is 2.62. The Morgan fingerprint density at radius 1 is 1.22 bits per heavy atom. The van der Waals surface area contributed by atoms with Gasteiger partial charge in [0.15, 0.2) is 11.7 Å². The minimum Gasteiger partial charge on any atom is -0.192 e. The van der Waals surface area contributed by atoms with Gasteiger partial charge in [-0.3, -0.25) is 0 Å². The topological polar surface area (TPSA) is 27.7 Å². The van der Waals surface area contributed by atoms with E-state index in [0.717, 1.165) is 18.5 Å². The summed E-state index contributed by atoms with van der Waals surface area (Å²) in [6.07, 6.45) is 6.24. The Balaban J connectivity index is 2.47. The first-order chi connectivity index (χ1) is 11.1. The second-order valence-electron chi connectivity index (χ2n) is 6.50. The molecular formula is C21H23N2+. The van der Waals surface area contributed by atoms with E-state index >= 15 is 0 Å². The fourth-order valence-corrected chi connectivity index (χ4v) is 4.34. The molecule has 1 aliphatic heterocycles. The van der Waals surface area contributed by atoms with Crippen molar-refractivity contribution in [3.8, 4) is 17.3 Å². The van der Waals surface area contributed by atoms with Gasteiger partial charge in [0.2, 0.25) is 5.69 Å². The molecule has 116 valence electrons. The van der Waals surface area contributed by atoms with E-state index in [1.54, 1.807) is 0 Å². The van der Waals surface area contributed by atoms with Crippen LogP contribution in [0, 0.1) is 11.3 Å². The molecule has 2 nitrogen and oxygen atoms in total. The molecule has 0 fully saturated rings. The van der Waals surface area contributed by atoms with Crippen molar-refractivity contribution in [3.05, 3.63) is 66.4 Å². The molecular weight excluding hydrogens is 280 g/mol. The van der Waals surface area contributed by atoms with Crippen LogP contribution < -0.4 is 4.57 Å². The molecule has 0 saturated heterocycles. The molecule has 2 heteroatoms. The highest BCUT2D eigenvalue weighted by molar-refractivity contribution is 5.67. The van der Waals surface area contributed by atoms with Gasteiger partial charge in [0.05, 0.1) is 22.6 Å². The van der Waals surface area contributed by atoms with Gasteiger partial charge in [-0.2, -0.15) is 9.83 Å². The van der Waals surface area contributed by atoms with Crippen molar-refractivity contribution in [2.24, 2.45) is 0 Å². The summed E-state index contributed by atoms with van der Waals surface area (Å²) in [5, 5.41) is 9.30. The van der Waals surface area contributed by atoms with Gasteiger partial charge in [-0.15, -0.1) is 0 Å². The largest absolute Gasteiger partial charge is 0.213 e. The van der Waals surface area contributed by atoms with Gasteiger partial charge < -0.3 is 0 Å². The molecule has 1 aliphatic rings. The summed E-state index contributed by atoms with van der Waals surface area (Å²) in [4.78, 5) is 0. The Hall–Kier alpha value is -2.40. The summed E-state index contributed by atoms with van der Waals surface area (Å²) >= 11 is 0. The number of hydrogen-bond donors (Lipinski definition) is 0. The van der Waals surface area contributed by atoms with Crippen molar-refractivity contribution < 1.29 is 4.57 Å². The number of allylic oxidation sites excluding steroid dienone is 1. The Morgan fingerprint density at radius 3 is 2.61 bits per heavy atom. The number of aromatic nitrogens is 1. The molecule has 0 N–H and O–H groups in total. The first kappa shape index (κ1) is 15.5. The van der Waals surface area contributed by atoms with Crippen molar-refractivity contribution in [1.82, 2.24) is 0 Å². The van der Waals surface area contributed by atoms with Crippen LogP contribution in [0.15, 0.2) is 55.3 Å². The molecule has 0 aliphatic carbocycles. The summed E-state index contributed by atoms with van der Waals surface area (Å²) in [6, 6.07) is 14.7. The normalized spacial score (nSPS) is 25.1. The molecule has 2 atom stereocenters. The Kier molecular flexibility index (Phi) is 3.60. The quantitative estimate of drug-likeness (QED) is 0.606. The van der Waals surface area contributed by atoms with Crippen molar-refractivity contribution >= 4 is 0 Å². The zero-order chi connectivity index (χ0) is 16.7. The van der Waals surface area contributed by atoms with Crippen LogP contribution in [0.5, 0.6) is 0 Å². The molecule has 1 aromatic heterocycles. The van der Waals surface area contributed by atoms with Crippen LogP contribution in [0.2, 0.25) is 0 Å². The van der Waals surface area contributed by atoms with E-state index in [2.05, 4.69) is 74.5 Å². The Bertz CT molecular complexity index is 815. The maximum Gasteiger partial charge on any atom is 0.213 e. The van der Waals surface area contributed by atoms with E-state index in [-0.39, 0.29) is 11.0 Å². The average molecular weight is 303 g/mol. The Labute approximate surface area is 138 Å². The minimum atomic E-state index is -0.167. The molecule has 0 saturated carbocycles. The standard InChI is InChI=1S/C21H23N2/c1-5-20(4)18-12-11-16(15-22)14-17(18)19-10-8-9-13-23(19)21(20,6-2)7-3/h6,8-14H,2,5,7H2,1,3-4H3/q+1. The predicted molar refractivity (Wildman–Crippen MR) is 92.9 cm³/mol. The Morgan fingerprint density at radius 2 is 2.00 bits per heavy atom. The van der Waals surface area contributed by atoms with E-state index in [1.165, 1.54) is 11.1 Å².